The Kier molecular flexibility index (Phi) is 3.03. The molecular formula is C10H18N4O2S. The molecule has 0 unspecified atom stereocenters. The Morgan fingerprint density at radius 2 is 2.00 bits per heavy atom. The molecule has 0 radical (unpaired) electrons. The molecule has 0 atom stereocenters. The van der Waals surface area contributed by atoms with E-state index in [1.54, 1.807) is 11.7 Å². The van der Waals surface area contributed by atoms with Crippen molar-refractivity contribution in [1.29, 1.82) is 0 Å². The van der Waals surface area contributed by atoms with E-state index < -0.39 is 9.84 Å². The minimum atomic E-state index is -3.36. The van der Waals surface area contributed by atoms with E-state index in [4.69, 9.17) is 5.73 Å². The molecule has 1 aromatic rings. The predicted molar refractivity (Wildman–Crippen MR) is 66.8 cm³/mol. The molecule has 1 aliphatic carbocycles. The van der Waals surface area contributed by atoms with Crippen LogP contribution in [0.3, 0.4) is 0 Å². The molecule has 1 saturated carbocycles. The maximum absolute atomic E-state index is 11.7. The second kappa shape index (κ2) is 4.21. The number of anilines is 2. The highest BCUT2D eigenvalue weighted by Crippen LogP contribution is 2.35. The van der Waals surface area contributed by atoms with Gasteiger partial charge in [0.1, 0.15) is 5.82 Å². The number of hydrogen-bond donors (Lipinski definition) is 2. The van der Waals surface area contributed by atoms with Crippen LogP contribution in [0.2, 0.25) is 0 Å². The van der Waals surface area contributed by atoms with Crippen molar-refractivity contribution in [3.05, 3.63) is 0 Å². The van der Waals surface area contributed by atoms with Crippen LogP contribution < -0.4 is 11.1 Å². The summed E-state index contributed by atoms with van der Waals surface area (Å²) in [5.41, 5.74) is 5.93. The lowest BCUT2D eigenvalue weighted by Crippen LogP contribution is -2.11. The Labute approximate surface area is 101 Å². The van der Waals surface area contributed by atoms with Crippen LogP contribution in [-0.4, -0.2) is 31.5 Å². The van der Waals surface area contributed by atoms with E-state index in [9.17, 15) is 8.42 Å². The fraction of sp³-hybridized carbons (Fsp3) is 0.700. The molecule has 17 heavy (non-hydrogen) atoms. The van der Waals surface area contributed by atoms with E-state index in [-0.39, 0.29) is 16.8 Å². The summed E-state index contributed by atoms with van der Waals surface area (Å²) in [5, 5.41) is 7.07. The lowest BCUT2D eigenvalue weighted by Gasteiger charge is -2.11. The maximum Gasteiger partial charge on any atom is 0.182 e. The third kappa shape index (κ3) is 2.11. The molecule has 0 aromatic carbocycles. The van der Waals surface area contributed by atoms with Gasteiger partial charge in [0.2, 0.25) is 0 Å². The average Bonchev–Trinajstić information content (AvgIpc) is 2.82. The molecule has 96 valence electrons. The lowest BCUT2D eigenvalue weighted by atomic mass is 10.2. The van der Waals surface area contributed by atoms with Crippen molar-refractivity contribution in [2.24, 2.45) is 0 Å². The Morgan fingerprint density at radius 1 is 1.41 bits per heavy atom. The normalized spacial score (nSPS) is 17.5. The van der Waals surface area contributed by atoms with Crippen LogP contribution in [-0.2, 0) is 9.84 Å². The number of nitrogen functional groups attached to an aromatic ring is 1. The zero-order valence-electron chi connectivity index (χ0n) is 10.1. The third-order valence-electron chi connectivity index (χ3n) is 3.18. The molecule has 7 heteroatoms. The largest absolute Gasteiger partial charge is 0.383 e. The first kappa shape index (κ1) is 12.2. The molecule has 6 nitrogen and oxygen atoms in total. The Bertz CT molecular complexity index is 515. The SMILES string of the molecule is CNc1nn(C2CCCC2)c(N)c1S(C)(=O)=O. The lowest BCUT2D eigenvalue weighted by molar-refractivity contribution is 0.474. The predicted octanol–water partition coefficient (Wildman–Crippen LogP) is 1.03. The van der Waals surface area contributed by atoms with Crippen LogP contribution in [0.25, 0.3) is 0 Å². The first-order chi connectivity index (χ1) is 7.95. The van der Waals surface area contributed by atoms with Crippen molar-refractivity contribution in [2.45, 2.75) is 36.6 Å². The summed E-state index contributed by atoms with van der Waals surface area (Å²) in [7, 11) is -1.71. The molecule has 1 aliphatic rings. The molecule has 0 spiro atoms. The first-order valence-electron chi connectivity index (χ1n) is 5.71. The Morgan fingerprint density at radius 3 is 2.41 bits per heavy atom. The van der Waals surface area contributed by atoms with Gasteiger partial charge in [0, 0.05) is 13.3 Å². The van der Waals surface area contributed by atoms with Gasteiger partial charge in [-0.1, -0.05) is 12.8 Å². The molecular weight excluding hydrogens is 240 g/mol. The van der Waals surface area contributed by atoms with E-state index in [0.717, 1.165) is 31.9 Å². The third-order valence-corrected chi connectivity index (χ3v) is 4.32. The molecule has 2 rings (SSSR count). The smallest absolute Gasteiger partial charge is 0.182 e. The van der Waals surface area contributed by atoms with E-state index in [2.05, 4.69) is 10.4 Å². The van der Waals surface area contributed by atoms with Crippen LogP contribution in [0.4, 0.5) is 11.6 Å². The zero-order chi connectivity index (χ0) is 12.6. The van der Waals surface area contributed by atoms with Gasteiger partial charge in [0.05, 0.1) is 6.04 Å². The van der Waals surface area contributed by atoms with Gasteiger partial charge >= 0.3 is 0 Å². The van der Waals surface area contributed by atoms with Crippen LogP contribution in [0.1, 0.15) is 31.7 Å². The summed E-state index contributed by atoms with van der Waals surface area (Å²) >= 11 is 0. The fourth-order valence-corrected chi connectivity index (χ4v) is 3.36. The fourth-order valence-electron chi connectivity index (χ4n) is 2.39. The van der Waals surface area contributed by atoms with Crippen molar-refractivity contribution < 1.29 is 8.42 Å². The van der Waals surface area contributed by atoms with Crippen molar-refractivity contribution in [3.63, 3.8) is 0 Å². The van der Waals surface area contributed by atoms with Gasteiger partial charge < -0.3 is 11.1 Å². The number of hydrogen-bond acceptors (Lipinski definition) is 5. The number of rotatable bonds is 3. The number of nitrogens with zero attached hydrogens (tertiary/aromatic N) is 2. The van der Waals surface area contributed by atoms with E-state index >= 15 is 0 Å². The Balaban J connectivity index is 2.53. The van der Waals surface area contributed by atoms with Crippen LogP contribution in [0, 0.1) is 0 Å². The Hall–Kier alpha value is -1.24. The van der Waals surface area contributed by atoms with Gasteiger partial charge in [-0.05, 0) is 12.8 Å². The second-order valence-electron chi connectivity index (χ2n) is 4.47. The molecule has 3 N–H and O–H groups in total. The molecule has 1 heterocycles. The number of nitrogens with one attached hydrogen (secondary N) is 1. The quantitative estimate of drug-likeness (QED) is 0.845. The standard InChI is InChI=1S/C10H18N4O2S/c1-12-10-8(17(2,15)16)9(11)14(13-10)7-5-3-4-6-7/h7H,3-6,11H2,1-2H3,(H,12,13). The number of sulfone groups is 1. The summed E-state index contributed by atoms with van der Waals surface area (Å²) in [4.78, 5) is 0.118. The summed E-state index contributed by atoms with van der Waals surface area (Å²) in [5.74, 6) is 0.598. The maximum atomic E-state index is 11.7. The van der Waals surface area contributed by atoms with E-state index in [0.29, 0.717) is 5.82 Å². The number of nitrogens with two attached hydrogens (primary N) is 1. The van der Waals surface area contributed by atoms with Crippen molar-refractivity contribution >= 4 is 21.5 Å². The summed E-state index contributed by atoms with van der Waals surface area (Å²) in [6, 6.07) is 0.234. The summed E-state index contributed by atoms with van der Waals surface area (Å²) in [6.07, 6.45) is 5.47. The molecule has 0 aliphatic heterocycles. The monoisotopic (exact) mass is 258 g/mol. The van der Waals surface area contributed by atoms with Crippen LogP contribution in [0.15, 0.2) is 4.90 Å². The molecule has 0 bridgehead atoms. The number of aromatic nitrogens is 2. The zero-order valence-corrected chi connectivity index (χ0v) is 10.9. The van der Waals surface area contributed by atoms with Crippen molar-refractivity contribution in [1.82, 2.24) is 9.78 Å². The van der Waals surface area contributed by atoms with Crippen molar-refractivity contribution in [3.8, 4) is 0 Å². The van der Waals surface area contributed by atoms with Crippen LogP contribution >= 0.6 is 0 Å². The average molecular weight is 258 g/mol. The van der Waals surface area contributed by atoms with Gasteiger partial charge in [0.25, 0.3) is 0 Å². The minimum Gasteiger partial charge on any atom is -0.383 e. The highest BCUT2D eigenvalue weighted by molar-refractivity contribution is 7.91. The minimum absolute atomic E-state index is 0.118. The summed E-state index contributed by atoms with van der Waals surface area (Å²) in [6.45, 7) is 0. The first-order valence-corrected chi connectivity index (χ1v) is 7.60. The highest BCUT2D eigenvalue weighted by Gasteiger charge is 2.28. The summed E-state index contributed by atoms with van der Waals surface area (Å²) < 4.78 is 25.0. The van der Waals surface area contributed by atoms with E-state index in [1.165, 1.54) is 0 Å². The van der Waals surface area contributed by atoms with Crippen LogP contribution in [0.5, 0.6) is 0 Å². The topological polar surface area (TPSA) is 90.0 Å². The van der Waals surface area contributed by atoms with Gasteiger partial charge in [-0.15, -0.1) is 0 Å². The van der Waals surface area contributed by atoms with Crippen molar-refractivity contribution in [2.75, 3.05) is 24.4 Å². The molecule has 1 aromatic heterocycles. The molecule has 1 fully saturated rings. The molecule has 0 amide bonds. The van der Waals surface area contributed by atoms with E-state index in [1.807, 2.05) is 0 Å². The van der Waals surface area contributed by atoms with Gasteiger partial charge in [0.15, 0.2) is 20.6 Å². The van der Waals surface area contributed by atoms with Gasteiger partial charge in [-0.2, -0.15) is 5.10 Å². The van der Waals surface area contributed by atoms with Gasteiger partial charge in [-0.25, -0.2) is 13.1 Å². The second-order valence-corrected chi connectivity index (χ2v) is 6.42. The highest BCUT2D eigenvalue weighted by atomic mass is 32.2. The molecule has 0 saturated heterocycles. The van der Waals surface area contributed by atoms with Gasteiger partial charge in [-0.3, -0.25) is 0 Å².